The van der Waals surface area contributed by atoms with E-state index in [1.165, 1.54) is 0 Å². The van der Waals surface area contributed by atoms with Crippen LogP contribution in [0, 0.1) is 0 Å². The van der Waals surface area contributed by atoms with Gasteiger partial charge in [0.25, 0.3) is 0 Å². The molecule has 80 valence electrons. The zero-order valence-corrected chi connectivity index (χ0v) is 9.36. The number of hydrogen-bond donors (Lipinski definition) is 0. The third-order valence-corrected chi connectivity index (χ3v) is 2.09. The second-order valence-corrected chi connectivity index (χ2v) is 3.66. The molecule has 0 aliphatic rings. The van der Waals surface area contributed by atoms with Crippen molar-refractivity contribution in [2.45, 2.75) is 52.7 Å². The highest BCUT2D eigenvalue weighted by Gasteiger charge is 2.04. The molecular formula is C11H20N2O. The fourth-order valence-corrected chi connectivity index (χ4v) is 1.45. The molecule has 0 aliphatic carbocycles. The second-order valence-electron chi connectivity index (χ2n) is 3.66. The van der Waals surface area contributed by atoms with E-state index >= 15 is 0 Å². The first-order valence-electron chi connectivity index (χ1n) is 5.45. The minimum absolute atomic E-state index is 0.291. The van der Waals surface area contributed by atoms with Crippen molar-refractivity contribution in [1.29, 1.82) is 0 Å². The van der Waals surface area contributed by atoms with E-state index in [4.69, 9.17) is 4.74 Å². The molecule has 0 saturated carbocycles. The van der Waals surface area contributed by atoms with E-state index in [1.807, 2.05) is 10.9 Å². The van der Waals surface area contributed by atoms with Gasteiger partial charge in [-0.1, -0.05) is 20.3 Å². The van der Waals surface area contributed by atoms with E-state index in [9.17, 15) is 0 Å². The number of nitrogens with zero attached hydrogens (tertiary/aromatic N) is 2. The number of ether oxygens (including phenoxy) is 1. The Hall–Kier alpha value is -0.990. The zero-order chi connectivity index (χ0) is 10.4. The van der Waals surface area contributed by atoms with E-state index in [0.717, 1.165) is 31.6 Å². The molecule has 0 spiro atoms. The summed E-state index contributed by atoms with van der Waals surface area (Å²) in [6, 6.07) is 0. The molecule has 0 bridgehead atoms. The first kappa shape index (κ1) is 11.1. The minimum Gasteiger partial charge on any atom is -0.487 e. The van der Waals surface area contributed by atoms with Gasteiger partial charge in [0.05, 0.1) is 18.5 Å². The van der Waals surface area contributed by atoms with Crippen LogP contribution in [0.4, 0.5) is 0 Å². The summed E-state index contributed by atoms with van der Waals surface area (Å²) >= 11 is 0. The molecule has 14 heavy (non-hydrogen) atoms. The van der Waals surface area contributed by atoms with Gasteiger partial charge in [0.15, 0.2) is 5.75 Å². The molecule has 0 saturated heterocycles. The predicted molar refractivity (Wildman–Crippen MR) is 57.5 cm³/mol. The van der Waals surface area contributed by atoms with Crippen LogP contribution >= 0.6 is 0 Å². The van der Waals surface area contributed by atoms with Crippen LogP contribution in [0.5, 0.6) is 5.75 Å². The predicted octanol–water partition coefficient (Wildman–Crippen LogP) is 2.86. The monoisotopic (exact) mass is 196 g/mol. The lowest BCUT2D eigenvalue weighted by molar-refractivity contribution is 0.209. The van der Waals surface area contributed by atoms with Crippen molar-refractivity contribution in [2.24, 2.45) is 0 Å². The Morgan fingerprint density at radius 2 is 2.21 bits per heavy atom. The molecule has 1 rings (SSSR count). The standard InChI is InChI=1S/C11H20N2O/c1-4-6-10(3)14-11-8-12-13(9-11)7-5-2/h8-10H,4-7H2,1-3H3. The van der Waals surface area contributed by atoms with Gasteiger partial charge in [0, 0.05) is 6.54 Å². The van der Waals surface area contributed by atoms with Crippen molar-refractivity contribution < 1.29 is 4.74 Å². The minimum atomic E-state index is 0.291. The summed E-state index contributed by atoms with van der Waals surface area (Å²) in [5.41, 5.74) is 0. The highest BCUT2D eigenvalue weighted by molar-refractivity contribution is 5.11. The molecule has 0 amide bonds. The van der Waals surface area contributed by atoms with E-state index in [2.05, 4.69) is 25.9 Å². The number of aryl methyl sites for hydroxylation is 1. The first-order chi connectivity index (χ1) is 6.76. The van der Waals surface area contributed by atoms with Crippen LogP contribution in [0.2, 0.25) is 0 Å². The van der Waals surface area contributed by atoms with E-state index in [1.54, 1.807) is 6.20 Å². The average molecular weight is 196 g/mol. The van der Waals surface area contributed by atoms with E-state index in [-0.39, 0.29) is 0 Å². The number of aromatic nitrogens is 2. The third kappa shape index (κ3) is 3.40. The van der Waals surface area contributed by atoms with Crippen molar-refractivity contribution in [1.82, 2.24) is 9.78 Å². The normalized spacial score (nSPS) is 12.8. The summed E-state index contributed by atoms with van der Waals surface area (Å²) in [7, 11) is 0. The molecule has 0 fully saturated rings. The highest BCUT2D eigenvalue weighted by Crippen LogP contribution is 2.12. The molecule has 1 unspecified atom stereocenters. The smallest absolute Gasteiger partial charge is 0.157 e. The van der Waals surface area contributed by atoms with Crippen molar-refractivity contribution >= 4 is 0 Å². The molecule has 3 heteroatoms. The molecule has 0 radical (unpaired) electrons. The van der Waals surface area contributed by atoms with Crippen LogP contribution < -0.4 is 4.74 Å². The summed E-state index contributed by atoms with van der Waals surface area (Å²) in [6.45, 7) is 7.37. The lowest BCUT2D eigenvalue weighted by Gasteiger charge is -2.10. The van der Waals surface area contributed by atoms with Gasteiger partial charge in [0.2, 0.25) is 0 Å². The van der Waals surface area contributed by atoms with Gasteiger partial charge in [-0.15, -0.1) is 0 Å². The highest BCUT2D eigenvalue weighted by atomic mass is 16.5. The van der Waals surface area contributed by atoms with Gasteiger partial charge in [-0.2, -0.15) is 5.10 Å². The summed E-state index contributed by atoms with van der Waals surface area (Å²) < 4.78 is 7.62. The topological polar surface area (TPSA) is 27.1 Å². The molecule has 1 heterocycles. The zero-order valence-electron chi connectivity index (χ0n) is 9.36. The first-order valence-corrected chi connectivity index (χ1v) is 5.45. The van der Waals surface area contributed by atoms with Gasteiger partial charge in [-0.05, 0) is 19.8 Å². The lowest BCUT2D eigenvalue weighted by Crippen LogP contribution is -2.10. The summed E-state index contributed by atoms with van der Waals surface area (Å²) in [4.78, 5) is 0. The maximum atomic E-state index is 5.70. The molecular weight excluding hydrogens is 176 g/mol. The number of hydrogen-bond acceptors (Lipinski definition) is 2. The van der Waals surface area contributed by atoms with E-state index < -0.39 is 0 Å². The van der Waals surface area contributed by atoms with Crippen LogP contribution in [0.15, 0.2) is 12.4 Å². The fourth-order valence-electron chi connectivity index (χ4n) is 1.45. The van der Waals surface area contributed by atoms with Crippen LogP contribution in [-0.2, 0) is 6.54 Å². The Morgan fingerprint density at radius 3 is 2.86 bits per heavy atom. The van der Waals surface area contributed by atoms with Crippen molar-refractivity contribution in [3.8, 4) is 5.75 Å². The van der Waals surface area contributed by atoms with Crippen LogP contribution in [0.3, 0.4) is 0 Å². The van der Waals surface area contributed by atoms with Gasteiger partial charge in [-0.3, -0.25) is 4.68 Å². The molecule has 0 aromatic carbocycles. The SMILES string of the molecule is CCCC(C)Oc1cnn(CCC)c1. The summed E-state index contributed by atoms with van der Waals surface area (Å²) in [5, 5.41) is 4.21. The van der Waals surface area contributed by atoms with Gasteiger partial charge in [0.1, 0.15) is 0 Å². The molecule has 1 aromatic rings. The largest absolute Gasteiger partial charge is 0.487 e. The average Bonchev–Trinajstić information content (AvgIpc) is 2.53. The number of rotatable bonds is 6. The van der Waals surface area contributed by atoms with Crippen LogP contribution in [-0.4, -0.2) is 15.9 Å². The van der Waals surface area contributed by atoms with Crippen LogP contribution in [0.25, 0.3) is 0 Å². The molecule has 1 atom stereocenters. The van der Waals surface area contributed by atoms with Gasteiger partial charge >= 0.3 is 0 Å². The van der Waals surface area contributed by atoms with Crippen molar-refractivity contribution in [3.63, 3.8) is 0 Å². The molecule has 3 nitrogen and oxygen atoms in total. The second kappa shape index (κ2) is 5.68. The Morgan fingerprint density at radius 1 is 1.43 bits per heavy atom. The van der Waals surface area contributed by atoms with Crippen LogP contribution in [0.1, 0.15) is 40.0 Å². The third-order valence-electron chi connectivity index (χ3n) is 2.09. The fraction of sp³-hybridized carbons (Fsp3) is 0.727. The van der Waals surface area contributed by atoms with Gasteiger partial charge in [-0.25, -0.2) is 0 Å². The Kier molecular flexibility index (Phi) is 4.50. The lowest BCUT2D eigenvalue weighted by atomic mass is 10.2. The molecule has 0 N–H and O–H groups in total. The maximum Gasteiger partial charge on any atom is 0.157 e. The summed E-state index contributed by atoms with van der Waals surface area (Å²) in [6.07, 6.45) is 7.41. The van der Waals surface area contributed by atoms with Gasteiger partial charge < -0.3 is 4.74 Å². The maximum absolute atomic E-state index is 5.70. The Labute approximate surface area is 86.1 Å². The Bertz CT molecular complexity index is 258. The quantitative estimate of drug-likeness (QED) is 0.699. The van der Waals surface area contributed by atoms with E-state index in [0.29, 0.717) is 6.10 Å². The summed E-state index contributed by atoms with van der Waals surface area (Å²) in [5.74, 6) is 0.888. The molecule has 0 aliphatic heterocycles. The van der Waals surface area contributed by atoms with Crippen molar-refractivity contribution in [3.05, 3.63) is 12.4 Å². The van der Waals surface area contributed by atoms with Crippen molar-refractivity contribution in [2.75, 3.05) is 0 Å². The Balaban J connectivity index is 2.42. The molecule has 1 aromatic heterocycles.